The van der Waals surface area contributed by atoms with Gasteiger partial charge in [0.15, 0.2) is 11.6 Å². The Labute approximate surface area is 96.3 Å². The minimum absolute atomic E-state index is 0.0345. The molecule has 0 amide bonds. The first-order valence-corrected chi connectivity index (χ1v) is 4.84. The molecule has 2 rings (SSSR count). The number of nitrogens with one attached hydrogen (secondary N) is 1. The van der Waals surface area contributed by atoms with Gasteiger partial charge in [-0.2, -0.15) is 0 Å². The molecule has 2 aromatic rings. The van der Waals surface area contributed by atoms with E-state index in [2.05, 4.69) is 15.4 Å². The minimum atomic E-state index is -0.543. The van der Waals surface area contributed by atoms with Crippen molar-refractivity contribution in [2.75, 3.05) is 5.43 Å². The molecule has 1 aromatic carbocycles. The van der Waals surface area contributed by atoms with E-state index in [1.807, 2.05) is 0 Å². The summed E-state index contributed by atoms with van der Waals surface area (Å²) in [6, 6.07) is 6.22. The molecule has 0 radical (unpaired) electrons. The van der Waals surface area contributed by atoms with Crippen LogP contribution in [0.15, 0.2) is 30.5 Å². The average molecular weight is 239 g/mol. The summed E-state index contributed by atoms with van der Waals surface area (Å²) in [7, 11) is 0. The van der Waals surface area contributed by atoms with E-state index in [1.165, 1.54) is 12.3 Å². The number of halogens is 2. The van der Waals surface area contributed by atoms with Crippen LogP contribution in [0.2, 0.25) is 5.02 Å². The molecule has 3 N–H and O–H groups in total. The molecule has 0 aliphatic carbocycles. The number of hydrogen-bond donors (Lipinski definition) is 2. The second kappa shape index (κ2) is 4.42. The fraction of sp³-hybridized carbons (Fsp3) is 0. The molecular weight excluding hydrogens is 231 g/mol. The van der Waals surface area contributed by atoms with Gasteiger partial charge in [0, 0.05) is 12.3 Å². The van der Waals surface area contributed by atoms with E-state index in [9.17, 15) is 4.39 Å². The Morgan fingerprint density at radius 1 is 1.31 bits per heavy atom. The molecule has 0 bridgehead atoms. The third-order valence-corrected chi connectivity index (χ3v) is 2.29. The van der Waals surface area contributed by atoms with Gasteiger partial charge in [-0.3, -0.25) is 0 Å². The summed E-state index contributed by atoms with van der Waals surface area (Å²) in [6.07, 6.45) is 1.48. The van der Waals surface area contributed by atoms with Crippen molar-refractivity contribution in [3.8, 4) is 11.4 Å². The molecule has 82 valence electrons. The lowest BCUT2D eigenvalue weighted by Gasteiger charge is -2.04. The zero-order valence-corrected chi connectivity index (χ0v) is 8.87. The SMILES string of the molecule is NNc1ccnc(-c2cccc(Cl)c2F)n1. The van der Waals surface area contributed by atoms with Crippen LogP contribution in [0.25, 0.3) is 11.4 Å². The lowest BCUT2D eigenvalue weighted by atomic mass is 10.2. The summed E-state index contributed by atoms with van der Waals surface area (Å²) in [5.74, 6) is 5.30. The van der Waals surface area contributed by atoms with Crippen LogP contribution in [0.4, 0.5) is 10.2 Å². The molecule has 0 spiro atoms. The van der Waals surface area contributed by atoms with Crippen LogP contribution in [-0.2, 0) is 0 Å². The van der Waals surface area contributed by atoms with Crippen LogP contribution < -0.4 is 11.3 Å². The second-order valence-corrected chi connectivity index (χ2v) is 3.42. The molecule has 0 saturated carbocycles. The number of nitrogens with zero attached hydrogens (tertiary/aromatic N) is 2. The van der Waals surface area contributed by atoms with Crippen LogP contribution in [0.3, 0.4) is 0 Å². The zero-order chi connectivity index (χ0) is 11.5. The van der Waals surface area contributed by atoms with Crippen molar-refractivity contribution in [2.45, 2.75) is 0 Å². The molecule has 0 saturated heterocycles. The minimum Gasteiger partial charge on any atom is -0.308 e. The van der Waals surface area contributed by atoms with Crippen molar-refractivity contribution in [2.24, 2.45) is 5.84 Å². The number of hydrogen-bond acceptors (Lipinski definition) is 4. The Kier molecular flexibility index (Phi) is 2.98. The zero-order valence-electron chi connectivity index (χ0n) is 8.11. The number of rotatable bonds is 2. The van der Waals surface area contributed by atoms with Crippen molar-refractivity contribution < 1.29 is 4.39 Å². The first-order chi connectivity index (χ1) is 7.72. The number of nitrogen functional groups attached to an aromatic ring is 1. The van der Waals surface area contributed by atoms with Crippen LogP contribution >= 0.6 is 11.6 Å². The topological polar surface area (TPSA) is 63.8 Å². The van der Waals surface area contributed by atoms with Gasteiger partial charge in [-0.15, -0.1) is 0 Å². The predicted molar refractivity (Wildman–Crippen MR) is 60.2 cm³/mol. The monoisotopic (exact) mass is 238 g/mol. The van der Waals surface area contributed by atoms with Gasteiger partial charge in [-0.05, 0) is 12.1 Å². The van der Waals surface area contributed by atoms with Gasteiger partial charge in [0.2, 0.25) is 0 Å². The summed E-state index contributed by atoms with van der Waals surface area (Å²) in [6.45, 7) is 0. The fourth-order valence-corrected chi connectivity index (χ4v) is 1.42. The third kappa shape index (κ3) is 1.95. The highest BCUT2D eigenvalue weighted by molar-refractivity contribution is 6.31. The van der Waals surface area contributed by atoms with E-state index in [0.717, 1.165) is 0 Å². The third-order valence-electron chi connectivity index (χ3n) is 2.00. The van der Waals surface area contributed by atoms with Crippen LogP contribution in [0.5, 0.6) is 0 Å². The number of nitrogens with two attached hydrogens (primary N) is 1. The Balaban J connectivity index is 2.54. The summed E-state index contributed by atoms with van der Waals surface area (Å²) >= 11 is 5.67. The lowest BCUT2D eigenvalue weighted by Crippen LogP contribution is -2.09. The van der Waals surface area contributed by atoms with E-state index in [-0.39, 0.29) is 16.4 Å². The first kappa shape index (κ1) is 10.8. The summed E-state index contributed by atoms with van der Waals surface area (Å²) < 4.78 is 13.7. The van der Waals surface area contributed by atoms with E-state index < -0.39 is 5.82 Å². The van der Waals surface area contributed by atoms with Crippen molar-refractivity contribution in [1.82, 2.24) is 9.97 Å². The Morgan fingerprint density at radius 3 is 2.88 bits per heavy atom. The number of anilines is 1. The molecule has 0 aliphatic heterocycles. The molecule has 0 fully saturated rings. The first-order valence-electron chi connectivity index (χ1n) is 4.46. The largest absolute Gasteiger partial charge is 0.308 e. The van der Waals surface area contributed by atoms with Gasteiger partial charge < -0.3 is 5.43 Å². The van der Waals surface area contributed by atoms with Crippen LogP contribution in [0, 0.1) is 5.82 Å². The summed E-state index contributed by atoms with van der Waals surface area (Å²) in [4.78, 5) is 7.97. The van der Waals surface area contributed by atoms with Crippen molar-refractivity contribution in [3.05, 3.63) is 41.3 Å². The number of benzene rings is 1. The maximum Gasteiger partial charge on any atom is 0.164 e. The number of aromatic nitrogens is 2. The average Bonchev–Trinajstić information content (AvgIpc) is 2.33. The normalized spacial score (nSPS) is 10.2. The van der Waals surface area contributed by atoms with Gasteiger partial charge in [-0.25, -0.2) is 20.2 Å². The van der Waals surface area contributed by atoms with Gasteiger partial charge in [0.1, 0.15) is 5.82 Å². The summed E-state index contributed by atoms with van der Waals surface area (Å²) in [5, 5.41) is 0.0345. The van der Waals surface area contributed by atoms with Crippen molar-refractivity contribution >= 4 is 17.4 Å². The Morgan fingerprint density at radius 2 is 2.12 bits per heavy atom. The van der Waals surface area contributed by atoms with Gasteiger partial charge >= 0.3 is 0 Å². The standard InChI is InChI=1S/C10H8ClFN4/c11-7-3-1-2-6(9(7)12)10-14-5-4-8(15-10)16-13/h1-5H,13H2,(H,14,15,16). The Hall–Kier alpha value is -1.72. The quantitative estimate of drug-likeness (QED) is 0.622. The van der Waals surface area contributed by atoms with Gasteiger partial charge in [-0.1, -0.05) is 17.7 Å². The maximum atomic E-state index is 13.7. The van der Waals surface area contributed by atoms with Crippen molar-refractivity contribution in [3.63, 3.8) is 0 Å². The summed E-state index contributed by atoms with van der Waals surface area (Å²) in [5.41, 5.74) is 2.61. The molecule has 6 heteroatoms. The highest BCUT2D eigenvalue weighted by Gasteiger charge is 2.10. The predicted octanol–water partition coefficient (Wildman–Crippen LogP) is 2.22. The second-order valence-electron chi connectivity index (χ2n) is 3.01. The van der Waals surface area contributed by atoms with E-state index in [0.29, 0.717) is 5.82 Å². The highest BCUT2D eigenvalue weighted by atomic mass is 35.5. The van der Waals surface area contributed by atoms with Gasteiger partial charge in [0.25, 0.3) is 0 Å². The molecule has 0 unspecified atom stereocenters. The maximum absolute atomic E-state index is 13.7. The number of hydrazine groups is 1. The molecule has 16 heavy (non-hydrogen) atoms. The highest BCUT2D eigenvalue weighted by Crippen LogP contribution is 2.25. The van der Waals surface area contributed by atoms with E-state index in [4.69, 9.17) is 17.4 Å². The van der Waals surface area contributed by atoms with Crippen LogP contribution in [-0.4, -0.2) is 9.97 Å². The van der Waals surface area contributed by atoms with Crippen molar-refractivity contribution in [1.29, 1.82) is 0 Å². The molecule has 0 aliphatic rings. The molecule has 1 aromatic heterocycles. The lowest BCUT2D eigenvalue weighted by molar-refractivity contribution is 0.630. The van der Waals surface area contributed by atoms with Crippen LogP contribution in [0.1, 0.15) is 0 Å². The molecular formula is C10H8ClFN4. The Bertz CT molecular complexity index is 518. The van der Waals surface area contributed by atoms with E-state index in [1.54, 1.807) is 18.2 Å². The molecule has 0 atom stereocenters. The molecule has 1 heterocycles. The van der Waals surface area contributed by atoms with Gasteiger partial charge in [0.05, 0.1) is 10.6 Å². The molecule has 4 nitrogen and oxygen atoms in total. The fourth-order valence-electron chi connectivity index (χ4n) is 1.25. The smallest absolute Gasteiger partial charge is 0.164 e. The van der Waals surface area contributed by atoms with E-state index >= 15 is 0 Å².